The second-order valence-electron chi connectivity index (χ2n) is 4.08. The number of fused-ring (bicyclic) bond motifs is 1. The van der Waals surface area contributed by atoms with Crippen LogP contribution in [0.2, 0.25) is 0 Å². The molecule has 0 amide bonds. The molecule has 0 aliphatic heterocycles. The van der Waals surface area contributed by atoms with Gasteiger partial charge in [-0.15, -0.1) is 0 Å². The van der Waals surface area contributed by atoms with Crippen molar-refractivity contribution in [1.29, 1.82) is 0 Å². The highest BCUT2D eigenvalue weighted by Crippen LogP contribution is 2.26. The van der Waals surface area contributed by atoms with Gasteiger partial charge in [0.15, 0.2) is 22.6 Å². The summed E-state index contributed by atoms with van der Waals surface area (Å²) in [4.78, 5) is 13.7. The van der Waals surface area contributed by atoms with Crippen LogP contribution in [0.4, 0.5) is 5.88 Å². The van der Waals surface area contributed by atoms with Crippen LogP contribution in [-0.2, 0) is 0 Å². The molecule has 1 heterocycles. The van der Waals surface area contributed by atoms with Gasteiger partial charge in [0.05, 0.1) is 5.39 Å². The van der Waals surface area contributed by atoms with Gasteiger partial charge in [0.25, 0.3) is 0 Å². The van der Waals surface area contributed by atoms with E-state index in [2.05, 4.69) is 6.58 Å². The lowest BCUT2D eigenvalue weighted by atomic mass is 10.2. The molecule has 0 aliphatic rings. The summed E-state index contributed by atoms with van der Waals surface area (Å²) in [7, 11) is 3.63. The van der Waals surface area contributed by atoms with Gasteiger partial charge in [0.2, 0.25) is 0 Å². The van der Waals surface area contributed by atoms with Crippen LogP contribution in [0.15, 0.2) is 46.1 Å². The fourth-order valence-electron chi connectivity index (χ4n) is 1.62. The van der Waals surface area contributed by atoms with Crippen LogP contribution in [-0.4, -0.2) is 20.7 Å². The molecule has 18 heavy (non-hydrogen) atoms. The van der Waals surface area contributed by atoms with Gasteiger partial charge in [-0.2, -0.15) is 0 Å². The molecule has 2 rings (SSSR count). The summed E-state index contributed by atoms with van der Waals surface area (Å²) in [5.41, 5.74) is 0.388. The highest BCUT2D eigenvalue weighted by molar-refractivity contribution is 5.83. The van der Waals surface area contributed by atoms with Crippen molar-refractivity contribution in [3.05, 3.63) is 47.1 Å². The first-order chi connectivity index (χ1) is 8.63. The number of para-hydroxylation sites is 1. The Hall–Kier alpha value is -2.23. The van der Waals surface area contributed by atoms with E-state index in [9.17, 15) is 4.79 Å². The zero-order valence-corrected chi connectivity index (χ0v) is 10.5. The van der Waals surface area contributed by atoms with Crippen molar-refractivity contribution in [3.63, 3.8) is 0 Å². The molecule has 94 valence electrons. The fourth-order valence-corrected chi connectivity index (χ4v) is 1.62. The topological polar surface area (TPSA) is 42.7 Å². The van der Waals surface area contributed by atoms with Crippen LogP contribution in [0.1, 0.15) is 0 Å². The number of nitrogens with zero attached hydrogens (tertiary/aromatic N) is 1. The molecule has 1 aromatic heterocycles. The minimum absolute atomic E-state index is 0.0796. The highest BCUT2D eigenvalue weighted by atomic mass is 16.5. The van der Waals surface area contributed by atoms with Crippen molar-refractivity contribution >= 4 is 16.9 Å². The third kappa shape index (κ3) is 2.22. The summed E-state index contributed by atoms with van der Waals surface area (Å²) in [5.74, 6) is 1.05. The molecule has 0 bridgehead atoms. The third-order valence-corrected chi connectivity index (χ3v) is 2.50. The smallest absolute Gasteiger partial charge is 0.199 e. The molecule has 0 radical (unpaired) electrons. The predicted octanol–water partition coefficient (Wildman–Crippen LogP) is 2.42. The second kappa shape index (κ2) is 4.96. The minimum atomic E-state index is -0.0796. The Morgan fingerprint density at radius 1 is 1.44 bits per heavy atom. The summed E-state index contributed by atoms with van der Waals surface area (Å²) in [6, 6.07) is 6.74. The summed E-state index contributed by atoms with van der Waals surface area (Å²) in [6.07, 6.45) is 1.65. The Balaban J connectivity index is 2.65. The number of rotatable bonds is 4. The van der Waals surface area contributed by atoms with Crippen molar-refractivity contribution in [2.45, 2.75) is 0 Å². The van der Waals surface area contributed by atoms with Crippen molar-refractivity contribution in [2.24, 2.45) is 0 Å². The molecule has 4 heteroatoms. The maximum atomic E-state index is 12.0. The molecular weight excluding hydrogens is 230 g/mol. The van der Waals surface area contributed by atoms with Crippen molar-refractivity contribution in [3.8, 4) is 5.75 Å². The van der Waals surface area contributed by atoms with Crippen LogP contribution in [0.25, 0.3) is 11.0 Å². The van der Waals surface area contributed by atoms with Gasteiger partial charge in [0, 0.05) is 20.2 Å². The summed E-state index contributed by atoms with van der Waals surface area (Å²) < 4.78 is 11.2. The van der Waals surface area contributed by atoms with E-state index in [1.807, 2.05) is 14.1 Å². The maximum absolute atomic E-state index is 12.0. The monoisotopic (exact) mass is 245 g/mol. The first-order valence-corrected chi connectivity index (χ1v) is 5.61. The Labute approximate surface area is 105 Å². The van der Waals surface area contributed by atoms with Crippen molar-refractivity contribution in [1.82, 2.24) is 0 Å². The van der Waals surface area contributed by atoms with Crippen LogP contribution in [0.3, 0.4) is 0 Å². The van der Waals surface area contributed by atoms with E-state index in [4.69, 9.17) is 9.15 Å². The second-order valence-corrected chi connectivity index (χ2v) is 4.08. The zero-order valence-electron chi connectivity index (χ0n) is 10.5. The van der Waals surface area contributed by atoms with Gasteiger partial charge < -0.3 is 14.1 Å². The number of benzene rings is 1. The first-order valence-electron chi connectivity index (χ1n) is 5.61. The van der Waals surface area contributed by atoms with E-state index in [1.54, 1.807) is 29.2 Å². The molecule has 0 spiro atoms. The van der Waals surface area contributed by atoms with E-state index in [0.29, 0.717) is 29.2 Å². The van der Waals surface area contributed by atoms with E-state index in [1.165, 1.54) is 6.07 Å². The molecule has 0 fully saturated rings. The van der Waals surface area contributed by atoms with Gasteiger partial charge in [-0.25, -0.2) is 0 Å². The molecular formula is C14H15NO3. The summed E-state index contributed by atoms with van der Waals surface area (Å²) >= 11 is 0. The lowest BCUT2D eigenvalue weighted by Gasteiger charge is -2.12. The van der Waals surface area contributed by atoms with Crippen molar-refractivity contribution < 1.29 is 9.15 Å². The SMILES string of the molecule is C=CCOc1cccc2c(=O)cc(N(C)C)oc12. The third-order valence-electron chi connectivity index (χ3n) is 2.50. The number of anilines is 1. The Bertz CT molecular complexity index is 628. The molecule has 0 unspecified atom stereocenters. The average molecular weight is 245 g/mol. The van der Waals surface area contributed by atoms with Gasteiger partial charge in [-0.1, -0.05) is 18.7 Å². The maximum Gasteiger partial charge on any atom is 0.199 e. The molecule has 0 saturated carbocycles. The van der Waals surface area contributed by atoms with E-state index >= 15 is 0 Å². The minimum Gasteiger partial charge on any atom is -0.486 e. The standard InChI is InChI=1S/C14H15NO3/c1-4-8-17-12-7-5-6-10-11(16)9-13(15(2)3)18-14(10)12/h4-7,9H,1,8H2,2-3H3. The average Bonchev–Trinajstić information content (AvgIpc) is 2.36. The zero-order chi connectivity index (χ0) is 13.1. The lowest BCUT2D eigenvalue weighted by Crippen LogP contribution is -2.12. The van der Waals surface area contributed by atoms with Crippen LogP contribution in [0, 0.1) is 0 Å². The molecule has 4 nitrogen and oxygen atoms in total. The van der Waals surface area contributed by atoms with Gasteiger partial charge in [-0.3, -0.25) is 4.79 Å². The fraction of sp³-hybridized carbons (Fsp3) is 0.214. The van der Waals surface area contributed by atoms with Gasteiger partial charge >= 0.3 is 0 Å². The molecule has 0 saturated heterocycles. The van der Waals surface area contributed by atoms with Crippen molar-refractivity contribution in [2.75, 3.05) is 25.6 Å². The Morgan fingerprint density at radius 2 is 2.22 bits per heavy atom. The predicted molar refractivity (Wildman–Crippen MR) is 72.5 cm³/mol. The number of hydrogen-bond acceptors (Lipinski definition) is 4. The lowest BCUT2D eigenvalue weighted by molar-refractivity contribution is 0.360. The molecule has 0 N–H and O–H groups in total. The van der Waals surface area contributed by atoms with E-state index < -0.39 is 0 Å². The van der Waals surface area contributed by atoms with Crippen LogP contribution in [0.5, 0.6) is 5.75 Å². The normalized spacial score (nSPS) is 10.3. The number of hydrogen-bond donors (Lipinski definition) is 0. The Morgan fingerprint density at radius 3 is 2.89 bits per heavy atom. The van der Waals surface area contributed by atoms with E-state index in [-0.39, 0.29) is 5.43 Å². The van der Waals surface area contributed by atoms with Crippen LogP contribution < -0.4 is 15.1 Å². The number of ether oxygens (including phenoxy) is 1. The molecule has 0 atom stereocenters. The van der Waals surface area contributed by atoms with Gasteiger partial charge in [0.1, 0.15) is 6.61 Å². The van der Waals surface area contributed by atoms with Crippen LogP contribution >= 0.6 is 0 Å². The largest absolute Gasteiger partial charge is 0.486 e. The van der Waals surface area contributed by atoms with E-state index in [0.717, 1.165) is 0 Å². The highest BCUT2D eigenvalue weighted by Gasteiger charge is 2.10. The molecule has 1 aromatic carbocycles. The molecule has 0 aliphatic carbocycles. The first kappa shape index (κ1) is 12.2. The molecule has 2 aromatic rings. The van der Waals surface area contributed by atoms with Gasteiger partial charge in [-0.05, 0) is 12.1 Å². The summed E-state index contributed by atoms with van der Waals surface area (Å²) in [5, 5.41) is 0.516. The summed E-state index contributed by atoms with van der Waals surface area (Å²) in [6.45, 7) is 3.96. The quantitative estimate of drug-likeness (QED) is 0.776. The Kier molecular flexibility index (Phi) is 3.37.